The van der Waals surface area contributed by atoms with Gasteiger partial charge in [0.15, 0.2) is 0 Å². The number of hydrogen-bond acceptors (Lipinski definition) is 7. The highest BCUT2D eigenvalue weighted by atomic mass is 32.2. The molecule has 0 heterocycles. The highest BCUT2D eigenvalue weighted by Gasteiger charge is 2.27. The maximum Gasteiger partial charge on any atom is 0.339 e. The fraction of sp³-hybridized carbons (Fsp3) is 0.0800. The zero-order valence-corrected chi connectivity index (χ0v) is 19.1. The molecule has 0 fully saturated rings. The van der Waals surface area contributed by atoms with E-state index >= 15 is 0 Å². The molecule has 34 heavy (non-hydrogen) atoms. The van der Waals surface area contributed by atoms with E-state index in [2.05, 4.69) is 9.71 Å². The number of benzene rings is 3. The van der Waals surface area contributed by atoms with Crippen LogP contribution < -0.4 is 10.1 Å². The predicted octanol–water partition coefficient (Wildman–Crippen LogP) is 3.85. The van der Waals surface area contributed by atoms with E-state index in [-0.39, 0.29) is 33.2 Å². The maximum atomic E-state index is 13.2. The first kappa shape index (κ1) is 22.9. The number of fused-ring (bicyclic) bond motifs is 1. The lowest BCUT2D eigenvalue weighted by Crippen LogP contribution is -2.23. The van der Waals surface area contributed by atoms with Crippen LogP contribution in [0.25, 0.3) is 0 Å². The second kappa shape index (κ2) is 9.32. The van der Waals surface area contributed by atoms with E-state index in [4.69, 9.17) is 9.47 Å². The number of carbonyl (C=O) groups excluding carboxylic acids is 2. The van der Waals surface area contributed by atoms with E-state index in [1.54, 1.807) is 48.5 Å². The van der Waals surface area contributed by atoms with Gasteiger partial charge in [0.1, 0.15) is 5.75 Å². The predicted molar refractivity (Wildman–Crippen MR) is 127 cm³/mol. The van der Waals surface area contributed by atoms with Crippen LogP contribution in [0.3, 0.4) is 0 Å². The van der Waals surface area contributed by atoms with Crippen molar-refractivity contribution in [2.24, 2.45) is 4.40 Å². The van der Waals surface area contributed by atoms with Gasteiger partial charge in [0, 0.05) is 11.1 Å². The Morgan fingerprint density at radius 2 is 1.53 bits per heavy atom. The molecule has 0 aliphatic heterocycles. The van der Waals surface area contributed by atoms with Gasteiger partial charge in [0.2, 0.25) is 5.78 Å². The van der Waals surface area contributed by atoms with Crippen LogP contribution in [-0.2, 0) is 14.8 Å². The maximum absolute atomic E-state index is 13.2. The van der Waals surface area contributed by atoms with Gasteiger partial charge in [-0.2, -0.15) is 12.8 Å². The highest BCUT2D eigenvalue weighted by Crippen LogP contribution is 2.27. The number of rotatable bonds is 6. The number of sulfonamides is 1. The Morgan fingerprint density at radius 1 is 0.882 bits per heavy atom. The summed E-state index contributed by atoms with van der Waals surface area (Å²) >= 11 is 0. The molecule has 172 valence electrons. The van der Waals surface area contributed by atoms with Crippen LogP contribution in [0, 0.1) is 0 Å². The Balaban J connectivity index is 1.80. The molecule has 0 saturated heterocycles. The summed E-state index contributed by atoms with van der Waals surface area (Å²) in [7, 11) is -1.35. The number of Topliss-reactive ketones (excluding diaryl/α,β-unsaturated/α-hetero) is 1. The van der Waals surface area contributed by atoms with Crippen molar-refractivity contribution in [3.63, 3.8) is 0 Å². The summed E-state index contributed by atoms with van der Waals surface area (Å²) in [5.41, 5.74) is 1.39. The fourth-order valence-electron chi connectivity index (χ4n) is 3.45. The van der Waals surface area contributed by atoms with E-state index in [1.165, 1.54) is 44.6 Å². The molecular weight excluding hydrogens is 456 g/mol. The van der Waals surface area contributed by atoms with Crippen LogP contribution in [0.5, 0.6) is 5.75 Å². The first-order chi connectivity index (χ1) is 16.3. The highest BCUT2D eigenvalue weighted by molar-refractivity contribution is 7.90. The van der Waals surface area contributed by atoms with E-state index < -0.39 is 16.0 Å². The number of allylic oxidation sites excluding steroid dienone is 2. The number of methoxy groups -OCH3 is 2. The summed E-state index contributed by atoms with van der Waals surface area (Å²) in [5, 5.41) is 2.94. The molecule has 1 aliphatic rings. The number of para-hydroxylation sites is 1. The molecule has 0 radical (unpaired) electrons. The summed E-state index contributed by atoms with van der Waals surface area (Å²) < 4.78 is 39.9. The second-order valence-corrected chi connectivity index (χ2v) is 8.83. The number of anilines is 1. The number of hydrogen-bond donors (Lipinski definition) is 1. The van der Waals surface area contributed by atoms with Crippen molar-refractivity contribution >= 4 is 33.2 Å². The van der Waals surface area contributed by atoms with Gasteiger partial charge in [-0.15, -0.1) is 0 Å². The van der Waals surface area contributed by atoms with Gasteiger partial charge in [0.05, 0.1) is 41.8 Å². The van der Waals surface area contributed by atoms with E-state index in [9.17, 15) is 18.0 Å². The van der Waals surface area contributed by atoms with E-state index in [0.29, 0.717) is 17.0 Å². The third-order valence-corrected chi connectivity index (χ3v) is 6.46. The average molecular weight is 477 g/mol. The third-order valence-electron chi connectivity index (χ3n) is 5.15. The van der Waals surface area contributed by atoms with Crippen molar-refractivity contribution in [1.82, 2.24) is 0 Å². The van der Waals surface area contributed by atoms with Gasteiger partial charge < -0.3 is 14.8 Å². The van der Waals surface area contributed by atoms with E-state index in [0.717, 1.165) is 0 Å². The zero-order chi connectivity index (χ0) is 24.3. The fourth-order valence-corrected chi connectivity index (χ4v) is 4.45. The summed E-state index contributed by atoms with van der Waals surface area (Å²) in [4.78, 5) is 25.3. The number of ether oxygens (including phenoxy) is 2. The lowest BCUT2D eigenvalue weighted by Gasteiger charge is -2.19. The summed E-state index contributed by atoms with van der Waals surface area (Å²) in [6.45, 7) is 0. The van der Waals surface area contributed by atoms with Crippen LogP contribution >= 0.6 is 0 Å². The van der Waals surface area contributed by atoms with Crippen LogP contribution in [0.4, 0.5) is 5.69 Å². The molecule has 1 aliphatic carbocycles. The summed E-state index contributed by atoms with van der Waals surface area (Å²) in [5.74, 6) is -0.435. The Morgan fingerprint density at radius 3 is 2.21 bits per heavy atom. The lowest BCUT2D eigenvalue weighted by atomic mass is 9.92. The monoisotopic (exact) mass is 476 g/mol. The number of ketones is 1. The molecule has 8 nitrogen and oxygen atoms in total. The Labute approximate surface area is 196 Å². The molecular formula is C25H20N2O6S. The van der Waals surface area contributed by atoms with Gasteiger partial charge in [0.25, 0.3) is 10.0 Å². The molecule has 0 unspecified atom stereocenters. The first-order valence-corrected chi connectivity index (χ1v) is 11.6. The molecule has 0 amide bonds. The van der Waals surface area contributed by atoms with Gasteiger partial charge in [-0.1, -0.05) is 36.4 Å². The molecule has 0 atom stereocenters. The van der Waals surface area contributed by atoms with Crippen molar-refractivity contribution in [3.05, 3.63) is 101 Å². The average Bonchev–Trinajstić information content (AvgIpc) is 2.86. The molecule has 0 saturated carbocycles. The molecule has 4 rings (SSSR count). The number of carbonyl (C=O) groups is 2. The Hall–Kier alpha value is -4.24. The minimum Gasteiger partial charge on any atom is -0.497 e. The van der Waals surface area contributed by atoms with Crippen LogP contribution in [0.1, 0.15) is 26.3 Å². The molecule has 0 bridgehead atoms. The lowest BCUT2D eigenvalue weighted by molar-refractivity contribution is 0.0601. The largest absolute Gasteiger partial charge is 0.497 e. The minimum absolute atomic E-state index is 0.0193. The molecule has 9 heteroatoms. The SMILES string of the molecule is COC(=O)c1ccccc1NC1=C/C(=N\S(=O)(=O)c2ccc(OC)cc2)c2ccccc2C1=O. The van der Waals surface area contributed by atoms with Crippen LogP contribution in [0.15, 0.2) is 93.9 Å². The van der Waals surface area contributed by atoms with Gasteiger partial charge in [-0.25, -0.2) is 4.79 Å². The zero-order valence-electron chi connectivity index (χ0n) is 18.3. The van der Waals surface area contributed by atoms with Crippen LogP contribution in [-0.4, -0.2) is 40.1 Å². The van der Waals surface area contributed by atoms with E-state index in [1.807, 2.05) is 0 Å². The van der Waals surface area contributed by atoms with Gasteiger partial charge >= 0.3 is 5.97 Å². The van der Waals surface area contributed by atoms with Gasteiger partial charge in [-0.05, 0) is 42.5 Å². The quantitative estimate of drug-likeness (QED) is 0.538. The standard InChI is InChI=1S/C25H20N2O6S/c1-32-16-11-13-17(14-12-16)34(30,31)27-22-15-23(24(28)19-8-4-3-7-18(19)22)26-21-10-6-5-9-20(21)25(29)33-2/h3-15,26H,1-2H3/b27-22+. The smallest absolute Gasteiger partial charge is 0.339 e. The number of esters is 1. The van der Waals surface area contributed by atoms with Crippen molar-refractivity contribution in [2.45, 2.75) is 4.90 Å². The Kier molecular flexibility index (Phi) is 6.29. The first-order valence-electron chi connectivity index (χ1n) is 10.1. The number of nitrogens with zero attached hydrogens (tertiary/aromatic N) is 1. The van der Waals surface area contributed by atoms with Crippen molar-refractivity contribution in [3.8, 4) is 5.75 Å². The minimum atomic E-state index is -4.09. The van der Waals surface area contributed by atoms with Crippen molar-refractivity contribution in [1.29, 1.82) is 0 Å². The molecule has 0 aromatic heterocycles. The molecule has 3 aromatic rings. The van der Waals surface area contributed by atoms with Crippen molar-refractivity contribution in [2.75, 3.05) is 19.5 Å². The van der Waals surface area contributed by atoms with Crippen LogP contribution in [0.2, 0.25) is 0 Å². The summed E-state index contributed by atoms with van der Waals surface area (Å²) in [6.07, 6.45) is 1.36. The number of nitrogens with one attached hydrogen (secondary N) is 1. The molecule has 0 spiro atoms. The summed E-state index contributed by atoms with van der Waals surface area (Å²) in [6, 6.07) is 19.0. The second-order valence-electron chi connectivity index (χ2n) is 7.22. The topological polar surface area (TPSA) is 111 Å². The molecule has 1 N–H and O–H groups in total. The van der Waals surface area contributed by atoms with Gasteiger partial charge in [-0.3, -0.25) is 4.79 Å². The third kappa shape index (κ3) is 4.46. The van der Waals surface area contributed by atoms with Crippen molar-refractivity contribution < 1.29 is 27.5 Å². The normalized spacial score (nSPS) is 14.2. The molecule has 3 aromatic carbocycles. The Bertz CT molecular complexity index is 1440.